The van der Waals surface area contributed by atoms with Gasteiger partial charge in [-0.25, -0.2) is 14.2 Å². The van der Waals surface area contributed by atoms with Gasteiger partial charge in [0.2, 0.25) is 17.7 Å². The van der Waals surface area contributed by atoms with Crippen LogP contribution in [-0.4, -0.2) is 65.5 Å². The molecule has 0 amide bonds. The molecular weight excluding hydrogens is 508 g/mol. The normalized spacial score (nSPS) is 16.8. The highest BCUT2D eigenvalue weighted by molar-refractivity contribution is 7.87. The molecule has 0 spiro atoms. The minimum Gasteiger partial charge on any atom is -0.479 e. The standard InChI is InChI=1S/C22H29ClN8O4S/c1-13(17(33-2)18-24-10-15(23)11-25-18)36(32)30-22-29-28-19(14-8-6-5-7-9-14)31(22)16-20(34-3)26-12-27-21(16)35-4/h10-14,17H,5-9H2,1-4H3,(H,29,30). The van der Waals surface area contributed by atoms with Crippen molar-refractivity contribution in [1.29, 1.82) is 0 Å². The average Bonchev–Trinajstić information content (AvgIpc) is 3.32. The lowest BCUT2D eigenvalue weighted by atomic mass is 9.88. The van der Waals surface area contributed by atoms with Crippen LogP contribution in [0.1, 0.15) is 62.7 Å². The summed E-state index contributed by atoms with van der Waals surface area (Å²) in [5.74, 6) is 2.05. The summed E-state index contributed by atoms with van der Waals surface area (Å²) in [5, 5.41) is 8.69. The lowest BCUT2D eigenvalue weighted by molar-refractivity contribution is 0.0961. The van der Waals surface area contributed by atoms with Gasteiger partial charge in [0.15, 0.2) is 11.5 Å². The van der Waals surface area contributed by atoms with E-state index in [2.05, 4.69) is 34.9 Å². The van der Waals surface area contributed by atoms with Gasteiger partial charge < -0.3 is 14.2 Å². The van der Waals surface area contributed by atoms with Crippen LogP contribution in [0.5, 0.6) is 11.8 Å². The Morgan fingerprint density at radius 3 is 2.25 bits per heavy atom. The topological polar surface area (TPSA) is 139 Å². The van der Waals surface area contributed by atoms with Crippen molar-refractivity contribution in [3.63, 3.8) is 0 Å². The molecule has 1 fully saturated rings. The summed E-state index contributed by atoms with van der Waals surface area (Å²) >= 11 is 5.91. The largest absolute Gasteiger partial charge is 0.479 e. The Kier molecular flexibility index (Phi) is 8.64. The molecule has 3 heterocycles. The number of ether oxygens (including phenoxy) is 3. The van der Waals surface area contributed by atoms with Crippen molar-refractivity contribution in [1.82, 2.24) is 34.7 Å². The zero-order chi connectivity index (χ0) is 25.7. The van der Waals surface area contributed by atoms with Gasteiger partial charge in [-0.05, 0) is 19.8 Å². The number of hydrogen-bond donors (Lipinski definition) is 1. The van der Waals surface area contributed by atoms with Crippen LogP contribution in [0.3, 0.4) is 0 Å². The van der Waals surface area contributed by atoms with Gasteiger partial charge in [0.25, 0.3) is 0 Å². The van der Waals surface area contributed by atoms with Crippen LogP contribution >= 0.6 is 11.6 Å². The molecular formula is C22H29ClN8O4S. The summed E-state index contributed by atoms with van der Waals surface area (Å²) in [6.45, 7) is 1.77. The summed E-state index contributed by atoms with van der Waals surface area (Å²) in [7, 11) is 2.86. The zero-order valence-corrected chi connectivity index (χ0v) is 22.1. The first-order valence-electron chi connectivity index (χ1n) is 11.5. The van der Waals surface area contributed by atoms with Gasteiger partial charge in [-0.2, -0.15) is 9.97 Å². The molecule has 3 aromatic heterocycles. The quantitative estimate of drug-likeness (QED) is 0.410. The lowest BCUT2D eigenvalue weighted by Crippen LogP contribution is -2.29. The maximum absolute atomic E-state index is 13.5. The maximum atomic E-state index is 13.5. The summed E-state index contributed by atoms with van der Waals surface area (Å²) < 4.78 is 34.9. The van der Waals surface area contributed by atoms with Gasteiger partial charge in [0.1, 0.15) is 29.2 Å². The molecule has 0 radical (unpaired) electrons. The Labute approximate surface area is 216 Å². The maximum Gasteiger partial charge on any atom is 0.245 e. The van der Waals surface area contributed by atoms with E-state index in [4.69, 9.17) is 25.8 Å². The Morgan fingerprint density at radius 2 is 1.67 bits per heavy atom. The molecule has 3 unspecified atom stereocenters. The number of nitrogens with zero attached hydrogens (tertiary/aromatic N) is 7. The Balaban J connectivity index is 1.72. The highest BCUT2D eigenvalue weighted by Crippen LogP contribution is 2.38. The van der Waals surface area contributed by atoms with Crippen molar-refractivity contribution in [3.8, 4) is 17.4 Å². The number of rotatable bonds is 10. The Bertz CT molecular complexity index is 1170. The third-order valence-electron chi connectivity index (χ3n) is 6.13. The minimum atomic E-state index is -1.68. The van der Waals surface area contributed by atoms with E-state index in [1.807, 2.05) is 0 Å². The molecule has 1 saturated carbocycles. The molecule has 4 rings (SSSR count). The van der Waals surface area contributed by atoms with Gasteiger partial charge >= 0.3 is 0 Å². The molecule has 14 heteroatoms. The zero-order valence-electron chi connectivity index (χ0n) is 20.5. The summed E-state index contributed by atoms with van der Waals surface area (Å²) in [5.41, 5.74) is 0.435. The molecule has 36 heavy (non-hydrogen) atoms. The second-order valence-electron chi connectivity index (χ2n) is 8.31. The first kappa shape index (κ1) is 26.2. The summed E-state index contributed by atoms with van der Waals surface area (Å²) in [4.78, 5) is 16.9. The van der Waals surface area contributed by atoms with Gasteiger partial charge in [-0.3, -0.25) is 9.29 Å². The summed E-state index contributed by atoms with van der Waals surface area (Å²) in [6, 6.07) is 0. The fourth-order valence-corrected chi connectivity index (χ4v) is 5.37. The highest BCUT2D eigenvalue weighted by Gasteiger charge is 2.32. The molecule has 12 nitrogen and oxygen atoms in total. The van der Waals surface area contributed by atoms with Crippen LogP contribution in [0, 0.1) is 0 Å². The molecule has 3 atom stereocenters. The number of anilines is 1. The van der Waals surface area contributed by atoms with E-state index < -0.39 is 22.3 Å². The third-order valence-corrected chi connectivity index (χ3v) is 7.63. The fraction of sp³-hybridized carbons (Fsp3) is 0.545. The number of methoxy groups -OCH3 is 3. The van der Waals surface area contributed by atoms with Crippen molar-refractivity contribution in [2.75, 3.05) is 26.1 Å². The number of halogens is 1. The molecule has 3 aromatic rings. The molecule has 1 N–H and O–H groups in total. The van der Waals surface area contributed by atoms with E-state index in [1.54, 1.807) is 11.5 Å². The van der Waals surface area contributed by atoms with Crippen LogP contribution in [0.2, 0.25) is 5.02 Å². The number of aromatic nitrogens is 7. The lowest BCUT2D eigenvalue weighted by Gasteiger charge is -2.24. The molecule has 0 bridgehead atoms. The van der Waals surface area contributed by atoms with E-state index in [0.29, 0.717) is 22.4 Å². The third kappa shape index (κ3) is 5.42. The van der Waals surface area contributed by atoms with Gasteiger partial charge in [-0.15, -0.1) is 10.2 Å². The number of hydrogen-bond acceptors (Lipinski definition) is 10. The SMILES string of the molecule is COc1ncnc(OC)c1-n1c(NS(=O)C(C)C(OC)c2ncc(Cl)cn2)nnc1C1CCCCC1. The Hall–Kier alpha value is -2.90. The van der Waals surface area contributed by atoms with E-state index in [-0.39, 0.29) is 23.6 Å². The van der Waals surface area contributed by atoms with Crippen molar-refractivity contribution >= 4 is 28.5 Å². The predicted octanol–water partition coefficient (Wildman–Crippen LogP) is 3.42. The van der Waals surface area contributed by atoms with Crippen molar-refractivity contribution < 1.29 is 18.4 Å². The second-order valence-corrected chi connectivity index (χ2v) is 10.3. The van der Waals surface area contributed by atoms with Crippen molar-refractivity contribution in [2.24, 2.45) is 0 Å². The van der Waals surface area contributed by atoms with E-state index in [9.17, 15) is 4.21 Å². The van der Waals surface area contributed by atoms with Crippen LogP contribution < -0.4 is 14.2 Å². The first-order valence-corrected chi connectivity index (χ1v) is 13.1. The fourth-order valence-electron chi connectivity index (χ4n) is 4.32. The van der Waals surface area contributed by atoms with E-state index in [0.717, 1.165) is 25.7 Å². The van der Waals surface area contributed by atoms with Crippen LogP contribution in [0.15, 0.2) is 18.7 Å². The molecule has 0 aromatic carbocycles. The van der Waals surface area contributed by atoms with Crippen molar-refractivity contribution in [3.05, 3.63) is 35.4 Å². The average molecular weight is 537 g/mol. The smallest absolute Gasteiger partial charge is 0.245 e. The predicted molar refractivity (Wildman–Crippen MR) is 134 cm³/mol. The van der Waals surface area contributed by atoms with Gasteiger partial charge in [0, 0.05) is 25.4 Å². The summed E-state index contributed by atoms with van der Waals surface area (Å²) in [6.07, 6.45) is 8.95. The highest BCUT2D eigenvalue weighted by atomic mass is 35.5. The van der Waals surface area contributed by atoms with Crippen molar-refractivity contribution in [2.45, 2.75) is 56.3 Å². The van der Waals surface area contributed by atoms with Gasteiger partial charge in [-0.1, -0.05) is 30.9 Å². The Morgan fingerprint density at radius 1 is 1.03 bits per heavy atom. The minimum absolute atomic E-state index is 0.163. The molecule has 0 aliphatic heterocycles. The van der Waals surface area contributed by atoms with E-state index in [1.165, 1.54) is 46.5 Å². The van der Waals surface area contributed by atoms with Gasteiger partial charge in [0.05, 0.1) is 24.5 Å². The second kappa shape index (κ2) is 11.9. The van der Waals surface area contributed by atoms with Crippen LogP contribution in [0.4, 0.5) is 5.95 Å². The molecule has 194 valence electrons. The van der Waals surface area contributed by atoms with E-state index >= 15 is 0 Å². The first-order chi connectivity index (χ1) is 17.5. The number of nitrogens with one attached hydrogen (secondary N) is 1. The molecule has 0 saturated heterocycles. The molecule has 1 aliphatic rings. The monoisotopic (exact) mass is 536 g/mol. The van der Waals surface area contributed by atoms with Crippen LogP contribution in [-0.2, 0) is 15.7 Å². The molecule has 1 aliphatic carbocycles. The van der Waals surface area contributed by atoms with Crippen LogP contribution in [0.25, 0.3) is 5.69 Å².